The van der Waals surface area contributed by atoms with Crippen molar-refractivity contribution in [2.24, 2.45) is 10.4 Å². The number of aliphatic hydroxyl groups excluding tert-OH is 1. The highest BCUT2D eigenvalue weighted by Gasteiger charge is 2.44. The number of unbranched alkanes of at least 4 members (excludes halogenated alkanes) is 5. The van der Waals surface area contributed by atoms with E-state index in [-0.39, 0.29) is 56.0 Å². The molecule has 0 bridgehead atoms. The Morgan fingerprint density at radius 1 is 0.881 bits per heavy atom. The molecule has 4 N–H and O–H groups in total. The maximum atomic E-state index is 14.1. The third-order valence-electron chi connectivity index (χ3n) is 12.6. The molecule has 0 aliphatic carbocycles. The van der Waals surface area contributed by atoms with E-state index in [4.69, 9.17) is 16.6 Å². The number of nitrogens with one attached hydrogen (secondary N) is 3. The van der Waals surface area contributed by atoms with Crippen LogP contribution in [0, 0.1) is 33.1 Å². The van der Waals surface area contributed by atoms with E-state index in [1.54, 1.807) is 22.7 Å². The van der Waals surface area contributed by atoms with Crippen molar-refractivity contribution in [2.45, 2.75) is 137 Å². The maximum Gasteiger partial charge on any atom is 0.246 e. The minimum absolute atomic E-state index is 0.0205. The molecule has 0 spiro atoms. The summed E-state index contributed by atoms with van der Waals surface area (Å²) in [4.78, 5) is 67.4. The number of amides is 4. The first-order chi connectivity index (χ1) is 32.0. The van der Waals surface area contributed by atoms with Crippen molar-refractivity contribution >= 4 is 63.6 Å². The van der Waals surface area contributed by atoms with E-state index >= 15 is 0 Å². The van der Waals surface area contributed by atoms with E-state index in [0.29, 0.717) is 23.8 Å². The maximum absolute atomic E-state index is 14.1. The topological polar surface area (TPSA) is 184 Å². The molecular weight excluding hydrogens is 906 g/mol. The molecule has 356 valence electrons. The van der Waals surface area contributed by atoms with Gasteiger partial charge in [-0.15, -0.1) is 32.9 Å². The van der Waals surface area contributed by atoms with Gasteiger partial charge in [0.1, 0.15) is 29.0 Å². The van der Waals surface area contributed by atoms with Gasteiger partial charge in [-0.25, -0.2) is 4.98 Å². The fourth-order valence-corrected chi connectivity index (χ4v) is 10.9. The number of fused-ring (bicyclic) bond motifs is 3. The molecule has 1 saturated heterocycles. The SMILES string of the molecule is Cc1ncsc1-c1ccc(CNC(=O)[C@@H]2C[C@@H](O)CN2C(=O)[C@@H](NC(=O)CCCCCCCCNC(=O)C[C@@H]2N=C(c3ccc(Cl)cc3)c3c(sc(C)c3C)-n3c(C)nnc32)C(C)(C)C)cc1. The van der Waals surface area contributed by atoms with Crippen LogP contribution in [0.1, 0.15) is 129 Å². The number of thiazole rings is 1. The molecule has 0 radical (unpaired) electrons. The fraction of sp³-hybridized carbons (Fsp3) is 0.480. The third-order valence-corrected chi connectivity index (χ3v) is 15.0. The minimum atomic E-state index is -0.872. The summed E-state index contributed by atoms with van der Waals surface area (Å²) in [5, 5.41) is 30.2. The number of hydrogen-bond acceptors (Lipinski definition) is 11. The summed E-state index contributed by atoms with van der Waals surface area (Å²) >= 11 is 9.50. The summed E-state index contributed by atoms with van der Waals surface area (Å²) in [5.74, 6) is 0.345. The Kier molecular flexibility index (Phi) is 16.1. The van der Waals surface area contributed by atoms with E-state index in [0.717, 1.165) is 87.0 Å². The van der Waals surface area contributed by atoms with Crippen LogP contribution in [0.4, 0.5) is 0 Å². The van der Waals surface area contributed by atoms with Crippen LogP contribution in [-0.4, -0.2) is 90.4 Å². The first-order valence-corrected chi connectivity index (χ1v) is 25.3. The lowest BCUT2D eigenvalue weighted by atomic mass is 9.85. The van der Waals surface area contributed by atoms with E-state index in [9.17, 15) is 24.3 Å². The average molecular weight is 969 g/mol. The van der Waals surface area contributed by atoms with Gasteiger partial charge in [-0.1, -0.05) is 94.5 Å². The van der Waals surface area contributed by atoms with E-state index in [2.05, 4.69) is 45.0 Å². The number of aryl methyl sites for hydroxylation is 3. The lowest BCUT2D eigenvalue weighted by Gasteiger charge is -2.35. The molecular formula is C50H62ClN9O5S2. The first kappa shape index (κ1) is 49.6. The minimum Gasteiger partial charge on any atom is -0.391 e. The highest BCUT2D eigenvalue weighted by atomic mass is 35.5. The van der Waals surface area contributed by atoms with Crippen LogP contribution < -0.4 is 16.0 Å². The molecule has 67 heavy (non-hydrogen) atoms. The number of rotatable bonds is 18. The Morgan fingerprint density at radius 2 is 1.57 bits per heavy atom. The van der Waals surface area contributed by atoms with Gasteiger partial charge in [-0.05, 0) is 74.8 Å². The predicted octanol–water partition coefficient (Wildman–Crippen LogP) is 8.28. The second-order valence-corrected chi connectivity index (χ2v) is 21.3. The van der Waals surface area contributed by atoms with Gasteiger partial charge in [0.25, 0.3) is 0 Å². The Hall–Kier alpha value is -5.29. The Bertz CT molecular complexity index is 2600. The van der Waals surface area contributed by atoms with E-state index in [1.807, 2.05) is 93.2 Å². The van der Waals surface area contributed by atoms with E-state index in [1.165, 1.54) is 9.78 Å². The van der Waals surface area contributed by atoms with Crippen molar-refractivity contribution in [1.29, 1.82) is 0 Å². The van der Waals surface area contributed by atoms with Crippen LogP contribution in [0.3, 0.4) is 0 Å². The standard InChI is InChI=1S/C50H62ClN9O5S2/c1-29-31(3)67-49-42(29)43(34-19-21-36(51)22-20-34)55-38(46-58-57-32(4)60(46)49)25-41(63)52-23-13-11-9-8-10-12-14-40(62)56-45(50(5,6)7)48(65)59-27-37(61)24-39(59)47(64)53-26-33-15-17-35(18-16-33)44-30(2)54-28-66-44/h15-22,28,37-39,45,61H,8-14,23-27H2,1-7H3,(H,52,63)(H,53,64)(H,56,62)/t37-,38+,39+,45-/m1/s1. The highest BCUT2D eigenvalue weighted by Crippen LogP contribution is 2.40. The third kappa shape index (κ3) is 11.9. The smallest absolute Gasteiger partial charge is 0.246 e. The average Bonchev–Trinajstić information content (AvgIpc) is 4.06. The second-order valence-electron chi connectivity index (χ2n) is 18.8. The van der Waals surface area contributed by atoms with Gasteiger partial charge in [-0.3, -0.25) is 28.7 Å². The van der Waals surface area contributed by atoms with Crippen molar-refractivity contribution in [2.75, 3.05) is 13.1 Å². The molecule has 3 aromatic heterocycles. The van der Waals surface area contributed by atoms with Crippen molar-refractivity contribution in [3.63, 3.8) is 0 Å². The number of carbonyl (C=O) groups excluding carboxylic acids is 4. The van der Waals surface area contributed by atoms with Crippen molar-refractivity contribution in [1.82, 2.24) is 40.6 Å². The fourth-order valence-electron chi connectivity index (χ4n) is 8.74. The van der Waals surface area contributed by atoms with Gasteiger partial charge in [0.05, 0.1) is 34.3 Å². The summed E-state index contributed by atoms with van der Waals surface area (Å²) in [6, 6.07) is 13.3. The van der Waals surface area contributed by atoms with Gasteiger partial charge in [0.15, 0.2) is 5.82 Å². The summed E-state index contributed by atoms with van der Waals surface area (Å²) < 4.78 is 2.04. The second kappa shape index (κ2) is 21.8. The number of hydrogen-bond donors (Lipinski definition) is 4. The first-order valence-electron chi connectivity index (χ1n) is 23.2. The number of aromatic nitrogens is 4. The number of aliphatic imine (C=N–C) groups is 1. The molecule has 5 aromatic rings. The molecule has 0 saturated carbocycles. The molecule has 2 aliphatic heterocycles. The molecule has 4 amide bonds. The van der Waals surface area contributed by atoms with Crippen LogP contribution in [0.25, 0.3) is 15.4 Å². The Balaban J connectivity index is 0.832. The largest absolute Gasteiger partial charge is 0.391 e. The summed E-state index contributed by atoms with van der Waals surface area (Å²) in [6.45, 7) is 14.6. The molecule has 0 unspecified atom stereocenters. The van der Waals surface area contributed by atoms with Gasteiger partial charge < -0.3 is 26.0 Å². The number of aliphatic hydroxyl groups is 1. The number of β-amino-alcohol motifs (C(OH)–C–C–N with tert-alkyl or cyclic N) is 1. The van der Waals surface area contributed by atoms with Crippen molar-refractivity contribution < 1.29 is 24.3 Å². The van der Waals surface area contributed by atoms with Crippen molar-refractivity contribution in [3.8, 4) is 15.4 Å². The summed E-state index contributed by atoms with van der Waals surface area (Å²) in [7, 11) is 0. The zero-order valence-corrected chi connectivity index (χ0v) is 41.8. The van der Waals surface area contributed by atoms with Gasteiger partial charge in [0.2, 0.25) is 23.6 Å². The van der Waals surface area contributed by atoms with Gasteiger partial charge >= 0.3 is 0 Å². The predicted molar refractivity (Wildman–Crippen MR) is 265 cm³/mol. The number of likely N-dealkylation sites (tertiary alicyclic amines) is 1. The molecule has 4 atom stereocenters. The molecule has 5 heterocycles. The summed E-state index contributed by atoms with van der Waals surface area (Å²) in [6.07, 6.45) is 4.84. The molecule has 1 fully saturated rings. The number of halogens is 1. The molecule has 2 aromatic carbocycles. The number of nitrogens with zero attached hydrogens (tertiary/aromatic N) is 6. The van der Waals surface area contributed by atoms with Crippen LogP contribution >= 0.6 is 34.3 Å². The van der Waals surface area contributed by atoms with E-state index < -0.39 is 29.6 Å². The summed E-state index contributed by atoms with van der Waals surface area (Å²) in [5.41, 5.74) is 8.02. The lowest BCUT2D eigenvalue weighted by molar-refractivity contribution is -0.144. The number of carbonyl (C=O) groups is 4. The van der Waals surface area contributed by atoms with Crippen molar-refractivity contribution in [3.05, 3.63) is 104 Å². The number of benzene rings is 2. The molecule has 2 aliphatic rings. The van der Waals surface area contributed by atoms with Crippen LogP contribution in [0.2, 0.25) is 5.02 Å². The monoisotopic (exact) mass is 967 g/mol. The van der Waals surface area contributed by atoms with Gasteiger partial charge in [0, 0.05) is 53.5 Å². The molecule has 7 rings (SSSR count). The normalized spacial score (nSPS) is 17.3. The Labute approximate surface area is 406 Å². The van der Waals surface area contributed by atoms with Crippen LogP contribution in [0.15, 0.2) is 59.0 Å². The van der Waals surface area contributed by atoms with Gasteiger partial charge in [-0.2, -0.15) is 0 Å². The zero-order chi connectivity index (χ0) is 48.0. The van der Waals surface area contributed by atoms with Crippen LogP contribution in [0.5, 0.6) is 0 Å². The quantitative estimate of drug-likeness (QED) is 0.0633. The lowest BCUT2D eigenvalue weighted by Crippen LogP contribution is -2.57. The molecule has 17 heteroatoms. The van der Waals surface area contributed by atoms with Crippen LogP contribution in [-0.2, 0) is 25.7 Å². The highest BCUT2D eigenvalue weighted by molar-refractivity contribution is 7.15. The number of thiophene rings is 1. The Morgan fingerprint density at radius 3 is 2.25 bits per heavy atom. The molecule has 14 nitrogen and oxygen atoms in total. The zero-order valence-electron chi connectivity index (χ0n) is 39.4.